The topological polar surface area (TPSA) is 92.5 Å². The first-order chi connectivity index (χ1) is 19.2. The lowest BCUT2D eigenvalue weighted by Gasteiger charge is -2.26. The van der Waals surface area contributed by atoms with E-state index in [1.54, 1.807) is 10.7 Å². The lowest BCUT2D eigenvalue weighted by molar-refractivity contribution is -0.110. The van der Waals surface area contributed by atoms with Crippen molar-refractivity contribution in [1.29, 1.82) is 5.41 Å². The number of fused-ring (bicyclic) bond motifs is 1. The van der Waals surface area contributed by atoms with E-state index in [0.29, 0.717) is 18.0 Å². The number of anilines is 1. The molecular weight excluding hydrogens is 502 g/mol. The van der Waals surface area contributed by atoms with Crippen molar-refractivity contribution in [3.8, 4) is 11.4 Å². The third-order valence-corrected chi connectivity index (χ3v) is 7.15. The van der Waals surface area contributed by atoms with E-state index < -0.39 is 5.91 Å². The van der Waals surface area contributed by atoms with Gasteiger partial charge in [0.05, 0.1) is 24.6 Å². The Bertz CT molecular complexity index is 1510. The second kappa shape index (κ2) is 11.6. The molecule has 0 aliphatic carbocycles. The average molecular weight is 540 g/mol. The van der Waals surface area contributed by atoms with Crippen molar-refractivity contribution in [2.24, 2.45) is 0 Å². The van der Waals surface area contributed by atoms with Crippen molar-refractivity contribution in [2.75, 3.05) is 44.8 Å². The highest BCUT2D eigenvalue weighted by molar-refractivity contribution is 6.49. The van der Waals surface area contributed by atoms with Gasteiger partial charge in [-0.1, -0.05) is 62.7 Å². The van der Waals surface area contributed by atoms with Gasteiger partial charge in [-0.2, -0.15) is 5.10 Å². The van der Waals surface area contributed by atoms with Crippen LogP contribution in [0.3, 0.4) is 0 Å². The van der Waals surface area contributed by atoms with Gasteiger partial charge in [0.1, 0.15) is 23.9 Å². The molecular formula is C32H37N5O3. The molecule has 2 N–H and O–H groups in total. The zero-order valence-corrected chi connectivity index (χ0v) is 23.7. The number of carbonyl (C=O) groups is 1. The SMILES string of the molecule is Cc1ccc(-n2nc(C(C)(C)C)cc2NC(=O)C(=N)c2ccc(OCCN3CCOCC3)c3ccccc23)cc1. The van der Waals surface area contributed by atoms with Crippen LogP contribution in [0.15, 0.2) is 66.7 Å². The van der Waals surface area contributed by atoms with Gasteiger partial charge in [0.25, 0.3) is 5.91 Å². The van der Waals surface area contributed by atoms with Crippen molar-refractivity contribution in [2.45, 2.75) is 33.1 Å². The Labute approximate surface area is 235 Å². The standard InChI is InChI=1S/C32H37N5O3/c1-22-9-11-23(12-10-22)37-29(21-28(35-37)32(2,3)4)34-31(38)30(33)26-13-14-27(25-8-6-5-7-24(25)26)40-20-17-36-15-18-39-19-16-36/h5-14,21,33H,15-20H2,1-4H3,(H,34,38). The predicted octanol–water partition coefficient (Wildman–Crippen LogP) is 5.35. The molecule has 1 saturated heterocycles. The fourth-order valence-corrected chi connectivity index (χ4v) is 4.75. The Balaban J connectivity index is 1.38. The summed E-state index contributed by atoms with van der Waals surface area (Å²) in [6.07, 6.45) is 0. The maximum absolute atomic E-state index is 13.5. The highest BCUT2D eigenvalue weighted by Crippen LogP contribution is 2.30. The highest BCUT2D eigenvalue weighted by atomic mass is 16.5. The Morgan fingerprint density at radius 2 is 1.73 bits per heavy atom. The van der Waals surface area contributed by atoms with E-state index in [1.165, 1.54) is 0 Å². The first-order valence-electron chi connectivity index (χ1n) is 13.7. The maximum atomic E-state index is 13.5. The van der Waals surface area contributed by atoms with Gasteiger partial charge in [0, 0.05) is 42.1 Å². The fourth-order valence-electron chi connectivity index (χ4n) is 4.75. The molecule has 1 aromatic heterocycles. The molecule has 0 radical (unpaired) electrons. The zero-order valence-electron chi connectivity index (χ0n) is 23.7. The van der Waals surface area contributed by atoms with Crippen LogP contribution in [0, 0.1) is 12.3 Å². The number of morpholine rings is 1. The third kappa shape index (κ3) is 6.08. The van der Waals surface area contributed by atoms with Crippen molar-refractivity contribution >= 4 is 28.2 Å². The maximum Gasteiger partial charge on any atom is 0.275 e. The van der Waals surface area contributed by atoms with Crippen molar-refractivity contribution < 1.29 is 14.3 Å². The number of nitrogens with one attached hydrogen (secondary N) is 2. The molecule has 208 valence electrons. The summed E-state index contributed by atoms with van der Waals surface area (Å²) in [5.74, 6) is 0.767. The minimum Gasteiger partial charge on any atom is -0.492 e. The molecule has 0 unspecified atom stereocenters. The molecule has 5 rings (SSSR count). The normalized spacial score (nSPS) is 14.3. The van der Waals surface area contributed by atoms with Gasteiger partial charge < -0.3 is 14.8 Å². The smallest absolute Gasteiger partial charge is 0.275 e. The largest absolute Gasteiger partial charge is 0.492 e. The van der Waals surface area contributed by atoms with Crippen molar-refractivity contribution in [1.82, 2.24) is 14.7 Å². The van der Waals surface area contributed by atoms with Crippen LogP contribution in [0.25, 0.3) is 16.5 Å². The zero-order chi connectivity index (χ0) is 28.3. The number of aryl methyl sites for hydroxylation is 1. The van der Waals surface area contributed by atoms with Crippen LogP contribution < -0.4 is 10.1 Å². The third-order valence-electron chi connectivity index (χ3n) is 7.15. The van der Waals surface area contributed by atoms with Gasteiger partial charge in [0.2, 0.25) is 0 Å². The predicted molar refractivity (Wildman–Crippen MR) is 159 cm³/mol. The second-order valence-corrected chi connectivity index (χ2v) is 11.2. The minimum atomic E-state index is -0.500. The summed E-state index contributed by atoms with van der Waals surface area (Å²) in [4.78, 5) is 15.8. The molecule has 8 nitrogen and oxygen atoms in total. The monoisotopic (exact) mass is 539 g/mol. The summed E-state index contributed by atoms with van der Waals surface area (Å²) in [7, 11) is 0. The van der Waals surface area contributed by atoms with Crippen LogP contribution in [-0.2, 0) is 14.9 Å². The van der Waals surface area contributed by atoms with Crippen LogP contribution in [0.4, 0.5) is 5.82 Å². The molecule has 40 heavy (non-hydrogen) atoms. The number of amides is 1. The quantitative estimate of drug-likeness (QED) is 0.295. The molecule has 1 aliphatic heterocycles. The number of aromatic nitrogens is 2. The van der Waals surface area contributed by atoms with Crippen LogP contribution in [0.5, 0.6) is 5.75 Å². The highest BCUT2D eigenvalue weighted by Gasteiger charge is 2.23. The van der Waals surface area contributed by atoms with Gasteiger partial charge in [0.15, 0.2) is 0 Å². The Morgan fingerprint density at radius 3 is 2.42 bits per heavy atom. The molecule has 0 bridgehead atoms. The fraction of sp³-hybridized carbons (Fsp3) is 0.344. The molecule has 1 amide bonds. The van der Waals surface area contributed by atoms with Crippen LogP contribution in [0.1, 0.15) is 37.6 Å². The van der Waals surface area contributed by atoms with Gasteiger partial charge in [-0.15, -0.1) is 0 Å². The van der Waals surface area contributed by atoms with Gasteiger partial charge >= 0.3 is 0 Å². The molecule has 0 atom stereocenters. The number of ether oxygens (including phenoxy) is 2. The average Bonchev–Trinajstić information content (AvgIpc) is 3.38. The van der Waals surface area contributed by atoms with Gasteiger partial charge in [-0.05, 0) is 36.6 Å². The summed E-state index contributed by atoms with van der Waals surface area (Å²) >= 11 is 0. The van der Waals surface area contributed by atoms with Crippen LogP contribution in [-0.4, -0.2) is 65.8 Å². The Kier molecular flexibility index (Phi) is 8.00. The van der Waals surface area contributed by atoms with Crippen molar-refractivity contribution in [3.05, 3.63) is 83.6 Å². The molecule has 1 aliphatic rings. The molecule has 3 aromatic carbocycles. The number of rotatable bonds is 8. The summed E-state index contributed by atoms with van der Waals surface area (Å²) in [6, 6.07) is 21.3. The molecule has 4 aromatic rings. The Hall–Kier alpha value is -4.01. The Morgan fingerprint density at radius 1 is 1.02 bits per heavy atom. The van der Waals surface area contributed by atoms with E-state index in [2.05, 4.69) is 31.0 Å². The van der Waals surface area contributed by atoms with E-state index in [1.807, 2.05) is 67.6 Å². The molecule has 0 spiro atoms. The van der Waals surface area contributed by atoms with Crippen LogP contribution >= 0.6 is 0 Å². The summed E-state index contributed by atoms with van der Waals surface area (Å²) in [6.45, 7) is 13.0. The number of hydrogen-bond donors (Lipinski definition) is 2. The lowest BCUT2D eigenvalue weighted by atomic mass is 9.92. The summed E-state index contributed by atoms with van der Waals surface area (Å²) < 4.78 is 13.3. The van der Waals surface area contributed by atoms with Crippen LogP contribution in [0.2, 0.25) is 0 Å². The van der Waals surface area contributed by atoms with Gasteiger partial charge in [-0.3, -0.25) is 15.1 Å². The number of hydrogen-bond acceptors (Lipinski definition) is 6. The van der Waals surface area contributed by atoms with Crippen molar-refractivity contribution in [3.63, 3.8) is 0 Å². The molecule has 2 heterocycles. The molecule has 8 heteroatoms. The second-order valence-electron chi connectivity index (χ2n) is 11.2. The van der Waals surface area contributed by atoms with Gasteiger partial charge in [-0.25, -0.2) is 4.68 Å². The summed E-state index contributed by atoms with van der Waals surface area (Å²) in [5, 5.41) is 18.3. The first kappa shape index (κ1) is 27.6. The van der Waals surface area contributed by atoms with E-state index in [9.17, 15) is 4.79 Å². The van der Waals surface area contributed by atoms with E-state index in [0.717, 1.165) is 66.3 Å². The van der Waals surface area contributed by atoms with E-state index in [4.69, 9.17) is 20.0 Å². The number of carbonyl (C=O) groups excluding carboxylic acids is 1. The van der Waals surface area contributed by atoms with E-state index in [-0.39, 0.29) is 11.1 Å². The number of benzene rings is 3. The first-order valence-corrected chi connectivity index (χ1v) is 13.7. The molecule has 0 saturated carbocycles. The van der Waals surface area contributed by atoms with E-state index >= 15 is 0 Å². The molecule has 1 fully saturated rings. The number of nitrogens with zero attached hydrogens (tertiary/aromatic N) is 3. The lowest BCUT2D eigenvalue weighted by Crippen LogP contribution is -2.38. The summed E-state index contributed by atoms with van der Waals surface area (Å²) in [5.41, 5.74) is 3.04. The minimum absolute atomic E-state index is 0.120.